The van der Waals surface area contributed by atoms with Crippen LogP contribution in [0.5, 0.6) is 0 Å². The summed E-state index contributed by atoms with van der Waals surface area (Å²) < 4.78 is 10.6. The van der Waals surface area contributed by atoms with E-state index >= 15 is 0 Å². The van der Waals surface area contributed by atoms with Gasteiger partial charge in [-0.05, 0) is 33.6 Å². The number of carbonyl (C=O) groups is 1. The summed E-state index contributed by atoms with van der Waals surface area (Å²) >= 11 is 0. The van der Waals surface area contributed by atoms with Gasteiger partial charge in [-0.1, -0.05) is 0 Å². The van der Waals surface area contributed by atoms with E-state index in [1.807, 2.05) is 20.8 Å². The smallest absolute Gasteiger partial charge is 0.408 e. The number of rotatable bonds is 3. The Labute approximate surface area is 103 Å². The highest BCUT2D eigenvalue weighted by atomic mass is 16.5. The van der Waals surface area contributed by atoms with Gasteiger partial charge in [0.25, 0.3) is 0 Å². The van der Waals surface area contributed by atoms with E-state index in [0.717, 1.165) is 0 Å². The lowest BCUT2D eigenvalue weighted by molar-refractivity contribution is -0.0831. The van der Waals surface area contributed by atoms with Gasteiger partial charge >= 0.3 is 6.09 Å². The normalized spacial score (nSPS) is 20.0. The summed E-state index contributed by atoms with van der Waals surface area (Å²) in [5.74, 6) is 0. The lowest BCUT2D eigenvalue weighted by Gasteiger charge is -2.50. The number of hydrogen-bond acceptors (Lipinski definition) is 3. The van der Waals surface area contributed by atoms with E-state index in [1.54, 1.807) is 7.11 Å². The molecule has 1 saturated heterocycles. The van der Waals surface area contributed by atoms with Gasteiger partial charge in [-0.2, -0.15) is 0 Å². The monoisotopic (exact) mass is 245 g/mol. The molecule has 0 spiro atoms. The first-order chi connectivity index (χ1) is 7.83. The van der Waals surface area contributed by atoms with Crippen molar-refractivity contribution >= 4 is 6.09 Å². The van der Waals surface area contributed by atoms with Gasteiger partial charge in [0, 0.05) is 25.9 Å². The van der Waals surface area contributed by atoms with Crippen molar-refractivity contribution in [2.75, 3.05) is 26.9 Å². The maximum Gasteiger partial charge on any atom is 0.408 e. The van der Waals surface area contributed by atoms with E-state index in [4.69, 9.17) is 9.47 Å². The molecule has 1 rings (SSSR count). The summed E-state index contributed by atoms with van der Waals surface area (Å²) in [6.45, 7) is 7.32. The van der Waals surface area contributed by atoms with Crippen LogP contribution in [0.1, 0.15) is 33.6 Å². The third-order valence-electron chi connectivity index (χ3n) is 3.17. The van der Waals surface area contributed by atoms with Crippen LogP contribution >= 0.6 is 0 Å². The summed E-state index contributed by atoms with van der Waals surface area (Å²) in [6, 6.07) is 0. The molecule has 100 valence electrons. The number of nitrogens with zero attached hydrogens (tertiary/aromatic N) is 1. The molecule has 1 fully saturated rings. The van der Waals surface area contributed by atoms with Crippen molar-refractivity contribution in [3.05, 3.63) is 0 Å². The number of hydrogen-bond donors (Lipinski definition) is 1. The molecule has 1 amide bonds. The Balaban J connectivity index is 3.04. The molecule has 1 aliphatic rings. The number of amides is 1. The fourth-order valence-electron chi connectivity index (χ4n) is 2.65. The fraction of sp³-hybridized carbons (Fsp3) is 0.917. The highest BCUT2D eigenvalue weighted by Crippen LogP contribution is 2.34. The molecule has 0 saturated carbocycles. The molecule has 0 unspecified atom stereocenters. The fourth-order valence-corrected chi connectivity index (χ4v) is 2.65. The predicted molar refractivity (Wildman–Crippen MR) is 64.3 cm³/mol. The molecule has 1 aliphatic heterocycles. The summed E-state index contributed by atoms with van der Waals surface area (Å²) in [5.41, 5.74) is -0.904. The Morgan fingerprint density at radius 1 is 1.41 bits per heavy atom. The molecule has 0 atom stereocenters. The lowest BCUT2D eigenvalue weighted by atomic mass is 9.85. The highest BCUT2D eigenvalue weighted by Gasteiger charge is 2.46. The van der Waals surface area contributed by atoms with E-state index in [-0.39, 0.29) is 0 Å². The molecule has 1 heterocycles. The van der Waals surface area contributed by atoms with E-state index in [2.05, 4.69) is 0 Å². The molecule has 5 nitrogen and oxygen atoms in total. The maximum atomic E-state index is 11.6. The molecule has 17 heavy (non-hydrogen) atoms. The van der Waals surface area contributed by atoms with Crippen LogP contribution in [0.15, 0.2) is 0 Å². The maximum absolute atomic E-state index is 11.6. The van der Waals surface area contributed by atoms with Crippen molar-refractivity contribution in [3.8, 4) is 0 Å². The van der Waals surface area contributed by atoms with Crippen LogP contribution in [0, 0.1) is 0 Å². The topological polar surface area (TPSA) is 59.0 Å². The molecule has 0 aromatic heterocycles. The van der Waals surface area contributed by atoms with Gasteiger partial charge in [0.15, 0.2) is 0 Å². The molecule has 0 aliphatic carbocycles. The minimum atomic E-state index is -0.892. The highest BCUT2D eigenvalue weighted by molar-refractivity contribution is 5.67. The second-order valence-electron chi connectivity index (χ2n) is 5.56. The van der Waals surface area contributed by atoms with E-state index < -0.39 is 17.2 Å². The van der Waals surface area contributed by atoms with Gasteiger partial charge in [0.2, 0.25) is 0 Å². The summed E-state index contributed by atoms with van der Waals surface area (Å²) in [4.78, 5) is 13.1. The van der Waals surface area contributed by atoms with Crippen molar-refractivity contribution in [2.24, 2.45) is 0 Å². The van der Waals surface area contributed by atoms with Crippen LogP contribution < -0.4 is 0 Å². The molecule has 0 aromatic carbocycles. The first kappa shape index (κ1) is 14.3. The lowest BCUT2D eigenvalue weighted by Crippen LogP contribution is -2.63. The quantitative estimate of drug-likeness (QED) is 0.825. The average molecular weight is 245 g/mol. The third kappa shape index (κ3) is 3.10. The standard InChI is InChI=1S/C12H23NO4/c1-11(2,3)13(10(14)15)12(9-16-4)5-7-17-8-6-12/h5-9H2,1-4H3,(H,14,15). The van der Waals surface area contributed by atoms with Crippen LogP contribution in [0.3, 0.4) is 0 Å². The second kappa shape index (κ2) is 5.23. The van der Waals surface area contributed by atoms with Crippen molar-refractivity contribution in [3.63, 3.8) is 0 Å². The first-order valence-electron chi connectivity index (χ1n) is 5.93. The predicted octanol–water partition coefficient (Wildman–Crippen LogP) is 1.96. The van der Waals surface area contributed by atoms with Crippen molar-refractivity contribution < 1.29 is 19.4 Å². The molecule has 0 radical (unpaired) electrons. The van der Waals surface area contributed by atoms with Crippen LogP contribution in [0.25, 0.3) is 0 Å². The number of methoxy groups -OCH3 is 1. The average Bonchev–Trinajstić information content (AvgIpc) is 2.15. The SMILES string of the molecule is COCC1(N(C(=O)O)C(C)(C)C)CCOCC1. The van der Waals surface area contributed by atoms with E-state index in [9.17, 15) is 9.90 Å². The third-order valence-corrected chi connectivity index (χ3v) is 3.17. The van der Waals surface area contributed by atoms with Gasteiger partial charge < -0.3 is 14.6 Å². The first-order valence-corrected chi connectivity index (χ1v) is 5.93. The zero-order valence-electron chi connectivity index (χ0n) is 11.2. The van der Waals surface area contributed by atoms with E-state index in [1.165, 1.54) is 4.90 Å². The van der Waals surface area contributed by atoms with E-state index in [0.29, 0.717) is 32.7 Å². The van der Waals surface area contributed by atoms with Gasteiger partial charge in [-0.25, -0.2) is 4.79 Å². The molecule has 0 aromatic rings. The molecular weight excluding hydrogens is 222 g/mol. The Bertz CT molecular complexity index is 261. The zero-order chi connectivity index (χ0) is 13.1. The van der Waals surface area contributed by atoms with Crippen molar-refractivity contribution in [1.82, 2.24) is 4.90 Å². The summed E-state index contributed by atoms with van der Waals surface area (Å²) in [6.07, 6.45) is 0.478. The minimum Gasteiger partial charge on any atom is -0.465 e. The molecule has 1 N–H and O–H groups in total. The Morgan fingerprint density at radius 3 is 2.29 bits per heavy atom. The van der Waals surface area contributed by atoms with Gasteiger partial charge in [-0.15, -0.1) is 0 Å². The Kier molecular flexibility index (Phi) is 4.38. The minimum absolute atomic E-state index is 0.417. The summed E-state index contributed by atoms with van der Waals surface area (Å²) in [7, 11) is 1.61. The van der Waals surface area contributed by atoms with Crippen LogP contribution in [0.2, 0.25) is 0 Å². The second-order valence-corrected chi connectivity index (χ2v) is 5.56. The van der Waals surface area contributed by atoms with Crippen LogP contribution in [-0.2, 0) is 9.47 Å². The largest absolute Gasteiger partial charge is 0.465 e. The Hall–Kier alpha value is -0.810. The molecular formula is C12H23NO4. The van der Waals surface area contributed by atoms with Gasteiger partial charge in [0.05, 0.1) is 12.1 Å². The van der Waals surface area contributed by atoms with Crippen molar-refractivity contribution in [1.29, 1.82) is 0 Å². The van der Waals surface area contributed by atoms with Crippen LogP contribution in [-0.4, -0.2) is 54.1 Å². The van der Waals surface area contributed by atoms with Crippen molar-refractivity contribution in [2.45, 2.75) is 44.7 Å². The number of ether oxygens (including phenoxy) is 2. The zero-order valence-corrected chi connectivity index (χ0v) is 11.2. The van der Waals surface area contributed by atoms with Gasteiger partial charge in [0.1, 0.15) is 0 Å². The summed E-state index contributed by atoms with van der Waals surface area (Å²) in [5, 5.41) is 9.48. The van der Waals surface area contributed by atoms with Gasteiger partial charge in [-0.3, -0.25) is 4.90 Å². The molecule has 5 heteroatoms. The van der Waals surface area contributed by atoms with Crippen LogP contribution in [0.4, 0.5) is 4.79 Å². The molecule has 0 bridgehead atoms. The number of carboxylic acid groups (broad SMARTS) is 1. The Morgan fingerprint density at radius 2 is 1.94 bits per heavy atom.